The summed E-state index contributed by atoms with van der Waals surface area (Å²) in [4.78, 5) is 22.0. The van der Waals surface area contributed by atoms with Gasteiger partial charge in [0.2, 0.25) is 0 Å². The number of H-pyrrole nitrogens is 1. The van der Waals surface area contributed by atoms with Gasteiger partial charge in [0.25, 0.3) is 5.91 Å². The van der Waals surface area contributed by atoms with Gasteiger partial charge in [-0.15, -0.1) is 0 Å². The molecule has 1 aromatic carbocycles. The largest absolute Gasteiger partial charge is 0.354 e. The molecule has 1 aliphatic rings. The van der Waals surface area contributed by atoms with E-state index in [0.717, 1.165) is 54.4 Å². The number of amides is 1. The van der Waals surface area contributed by atoms with Gasteiger partial charge in [-0.1, -0.05) is 35.9 Å². The number of piperazine rings is 1. The molecule has 150 valence electrons. The van der Waals surface area contributed by atoms with Crippen LogP contribution in [-0.2, 0) is 0 Å². The predicted molar refractivity (Wildman–Crippen MR) is 115 cm³/mol. The molecule has 0 aliphatic carbocycles. The monoisotopic (exact) mass is 390 g/mol. The number of anilines is 2. The Labute approximate surface area is 170 Å². The number of carbonyl (C=O) groups is 1. The van der Waals surface area contributed by atoms with Crippen molar-refractivity contribution in [1.82, 2.24) is 20.1 Å². The molecule has 1 amide bonds. The number of aromatic nitrogens is 3. The number of pyridine rings is 1. The van der Waals surface area contributed by atoms with E-state index in [-0.39, 0.29) is 5.91 Å². The Bertz CT molecular complexity index is 1020. The summed E-state index contributed by atoms with van der Waals surface area (Å²) in [5.74, 6) is 1.09. The molecule has 0 unspecified atom stereocenters. The lowest BCUT2D eigenvalue weighted by molar-refractivity contribution is 0.102. The van der Waals surface area contributed by atoms with Crippen molar-refractivity contribution >= 4 is 17.5 Å². The van der Waals surface area contributed by atoms with Crippen molar-refractivity contribution in [3.05, 3.63) is 59.4 Å². The molecule has 0 bridgehead atoms. The highest BCUT2D eigenvalue weighted by Gasteiger charge is 2.19. The van der Waals surface area contributed by atoms with Gasteiger partial charge in [0.15, 0.2) is 5.82 Å². The summed E-state index contributed by atoms with van der Waals surface area (Å²) < 4.78 is 0. The fourth-order valence-corrected chi connectivity index (χ4v) is 3.61. The molecule has 0 saturated carbocycles. The van der Waals surface area contributed by atoms with Crippen molar-refractivity contribution < 1.29 is 4.79 Å². The first-order valence-electron chi connectivity index (χ1n) is 9.85. The third-order valence-corrected chi connectivity index (χ3v) is 5.28. The summed E-state index contributed by atoms with van der Waals surface area (Å²) in [5.41, 5.74) is 4.37. The van der Waals surface area contributed by atoms with E-state index in [1.54, 1.807) is 6.07 Å². The Kier molecular flexibility index (Phi) is 5.31. The van der Waals surface area contributed by atoms with E-state index < -0.39 is 0 Å². The van der Waals surface area contributed by atoms with Crippen molar-refractivity contribution in [2.24, 2.45) is 0 Å². The number of aryl methyl sites for hydroxylation is 2. The second-order valence-corrected chi connectivity index (χ2v) is 7.57. The Morgan fingerprint density at radius 3 is 2.59 bits per heavy atom. The average molecular weight is 390 g/mol. The first kappa shape index (κ1) is 19.1. The number of carbonyl (C=O) groups excluding carboxylic acids is 1. The highest BCUT2D eigenvalue weighted by atomic mass is 16.2. The second-order valence-electron chi connectivity index (χ2n) is 7.57. The first-order valence-corrected chi connectivity index (χ1v) is 9.85. The van der Waals surface area contributed by atoms with Crippen LogP contribution in [0.3, 0.4) is 0 Å². The molecule has 7 nitrogen and oxygen atoms in total. The topological polar surface area (TPSA) is 77.2 Å². The van der Waals surface area contributed by atoms with E-state index in [9.17, 15) is 4.79 Å². The van der Waals surface area contributed by atoms with Gasteiger partial charge in [-0.25, -0.2) is 4.98 Å². The zero-order valence-electron chi connectivity index (χ0n) is 17.1. The molecule has 7 heteroatoms. The molecule has 4 rings (SSSR count). The number of nitrogens with zero attached hydrogens (tertiary/aromatic N) is 4. The Morgan fingerprint density at radius 1 is 1.07 bits per heavy atom. The van der Waals surface area contributed by atoms with Crippen LogP contribution in [0.25, 0.3) is 11.1 Å². The molecule has 2 aromatic heterocycles. The van der Waals surface area contributed by atoms with E-state index in [0.29, 0.717) is 11.5 Å². The molecule has 3 heterocycles. The quantitative estimate of drug-likeness (QED) is 0.716. The van der Waals surface area contributed by atoms with Crippen molar-refractivity contribution in [2.75, 3.05) is 43.4 Å². The fraction of sp³-hybridized carbons (Fsp3) is 0.318. The lowest BCUT2D eigenvalue weighted by atomic mass is 10.0. The maximum atomic E-state index is 12.9. The minimum atomic E-state index is -0.263. The summed E-state index contributed by atoms with van der Waals surface area (Å²) in [6.07, 6.45) is 0. The number of nitrogens with one attached hydrogen (secondary N) is 2. The van der Waals surface area contributed by atoms with Gasteiger partial charge in [0.05, 0.1) is 0 Å². The van der Waals surface area contributed by atoms with Crippen LogP contribution in [-0.4, -0.2) is 59.2 Å². The third-order valence-electron chi connectivity index (χ3n) is 5.28. The molecule has 29 heavy (non-hydrogen) atoms. The number of rotatable bonds is 4. The zero-order chi connectivity index (χ0) is 20.4. The van der Waals surface area contributed by atoms with Crippen LogP contribution in [0.1, 0.15) is 21.7 Å². The minimum absolute atomic E-state index is 0.263. The Morgan fingerprint density at radius 2 is 1.83 bits per heavy atom. The van der Waals surface area contributed by atoms with Crippen LogP contribution in [0.4, 0.5) is 11.6 Å². The maximum absolute atomic E-state index is 12.9. The molecule has 0 radical (unpaired) electrons. The van der Waals surface area contributed by atoms with Gasteiger partial charge in [-0.3, -0.25) is 9.89 Å². The van der Waals surface area contributed by atoms with E-state index in [2.05, 4.69) is 43.4 Å². The van der Waals surface area contributed by atoms with Crippen LogP contribution in [0.5, 0.6) is 0 Å². The van der Waals surface area contributed by atoms with Gasteiger partial charge in [0.1, 0.15) is 11.5 Å². The number of aromatic amines is 1. The summed E-state index contributed by atoms with van der Waals surface area (Å²) >= 11 is 0. The van der Waals surface area contributed by atoms with Crippen LogP contribution in [0.2, 0.25) is 0 Å². The van der Waals surface area contributed by atoms with Gasteiger partial charge in [0, 0.05) is 37.4 Å². The normalized spacial score (nSPS) is 14.8. The molecule has 2 N–H and O–H groups in total. The highest BCUT2D eigenvalue weighted by molar-refractivity contribution is 6.04. The number of hydrogen-bond acceptors (Lipinski definition) is 5. The summed E-state index contributed by atoms with van der Waals surface area (Å²) in [7, 11) is 2.12. The fourth-order valence-electron chi connectivity index (χ4n) is 3.61. The summed E-state index contributed by atoms with van der Waals surface area (Å²) in [6.45, 7) is 7.79. The van der Waals surface area contributed by atoms with E-state index in [1.165, 1.54) is 0 Å². The number of likely N-dealkylation sites (N-methyl/N-ethyl adjacent to an activating group) is 1. The smallest absolute Gasteiger partial charge is 0.275 e. The van der Waals surface area contributed by atoms with Crippen molar-refractivity contribution in [2.45, 2.75) is 13.8 Å². The van der Waals surface area contributed by atoms with Crippen molar-refractivity contribution in [3.8, 4) is 11.1 Å². The van der Waals surface area contributed by atoms with Gasteiger partial charge >= 0.3 is 0 Å². The predicted octanol–water partition coefficient (Wildman–Crippen LogP) is 3.09. The molecular formula is C22H26N6O. The van der Waals surface area contributed by atoms with Crippen LogP contribution < -0.4 is 10.2 Å². The molecular weight excluding hydrogens is 364 g/mol. The van der Waals surface area contributed by atoms with Crippen LogP contribution in [0.15, 0.2) is 42.5 Å². The van der Waals surface area contributed by atoms with Crippen LogP contribution in [0, 0.1) is 13.8 Å². The number of benzene rings is 1. The SMILES string of the molecule is Cc1cccc(-c2c(NC(=O)c3cccc(N4CCN(C)CC4)n3)n[nH]c2C)c1. The molecule has 1 saturated heterocycles. The van der Waals surface area contributed by atoms with Crippen LogP contribution >= 0.6 is 0 Å². The van der Waals surface area contributed by atoms with Gasteiger partial charge in [-0.2, -0.15) is 5.10 Å². The Hall–Kier alpha value is -3.19. The molecule has 0 atom stereocenters. The zero-order valence-corrected chi connectivity index (χ0v) is 17.1. The van der Waals surface area contributed by atoms with E-state index in [4.69, 9.17) is 0 Å². The highest BCUT2D eigenvalue weighted by Crippen LogP contribution is 2.30. The van der Waals surface area contributed by atoms with Crippen molar-refractivity contribution in [3.63, 3.8) is 0 Å². The van der Waals surface area contributed by atoms with Gasteiger partial charge < -0.3 is 15.1 Å². The third kappa shape index (κ3) is 4.14. The number of hydrogen-bond donors (Lipinski definition) is 2. The first-order chi connectivity index (χ1) is 14.0. The molecule has 1 aliphatic heterocycles. The Balaban J connectivity index is 1.56. The molecule has 0 spiro atoms. The second kappa shape index (κ2) is 8.05. The lowest BCUT2D eigenvalue weighted by Crippen LogP contribution is -2.44. The summed E-state index contributed by atoms with van der Waals surface area (Å²) in [6, 6.07) is 13.7. The van der Waals surface area contributed by atoms with E-state index in [1.807, 2.05) is 44.2 Å². The molecule has 3 aromatic rings. The van der Waals surface area contributed by atoms with Crippen molar-refractivity contribution in [1.29, 1.82) is 0 Å². The average Bonchev–Trinajstić information content (AvgIpc) is 3.08. The summed E-state index contributed by atoms with van der Waals surface area (Å²) in [5, 5.41) is 10.2. The van der Waals surface area contributed by atoms with Gasteiger partial charge in [-0.05, 0) is 38.6 Å². The lowest BCUT2D eigenvalue weighted by Gasteiger charge is -2.33. The minimum Gasteiger partial charge on any atom is -0.354 e. The maximum Gasteiger partial charge on any atom is 0.275 e. The standard InChI is InChI=1S/C22H26N6O/c1-15-6-4-7-17(14-15)20-16(2)25-26-21(20)24-22(29)18-8-5-9-19(23-18)28-12-10-27(3)11-13-28/h4-9,14H,10-13H2,1-3H3,(H2,24,25,26,29). The molecule has 1 fully saturated rings. The van der Waals surface area contributed by atoms with E-state index >= 15 is 0 Å².